The van der Waals surface area contributed by atoms with Crippen LogP contribution in [0.15, 0.2) is 84.9 Å². The minimum absolute atomic E-state index is 0.297. The van der Waals surface area contributed by atoms with E-state index in [-0.39, 0.29) is 5.54 Å². The molecule has 0 fully saturated rings. The molecule has 0 saturated heterocycles. The first-order valence-corrected chi connectivity index (χ1v) is 8.85. The van der Waals surface area contributed by atoms with Crippen molar-refractivity contribution >= 4 is 21.5 Å². The van der Waals surface area contributed by atoms with E-state index in [0.717, 1.165) is 12.8 Å². The molecule has 4 aromatic carbocycles. The molecule has 25 heavy (non-hydrogen) atoms. The molecule has 0 amide bonds. The Morgan fingerprint density at radius 2 is 1.00 bits per heavy atom. The standard InChI is InChI=1S/C24H23N/c1-24(25,16-20-12-6-10-18-8-2-4-14-22(18)20)17-21-13-7-11-19-9-3-5-15-23(19)21/h2-15H,16-17,25H2,1H3. The largest absolute Gasteiger partial charge is 0.325 e. The van der Waals surface area contributed by atoms with Gasteiger partial charge in [0.1, 0.15) is 0 Å². The van der Waals surface area contributed by atoms with E-state index in [0.29, 0.717) is 0 Å². The molecule has 1 nitrogen and oxygen atoms in total. The van der Waals surface area contributed by atoms with Crippen LogP contribution in [-0.4, -0.2) is 5.54 Å². The van der Waals surface area contributed by atoms with Crippen molar-refractivity contribution in [1.29, 1.82) is 0 Å². The Labute approximate surface area is 149 Å². The quantitative estimate of drug-likeness (QED) is 0.527. The minimum Gasteiger partial charge on any atom is -0.325 e. The van der Waals surface area contributed by atoms with Crippen molar-refractivity contribution in [3.63, 3.8) is 0 Å². The Kier molecular flexibility index (Phi) is 4.03. The maximum atomic E-state index is 6.76. The highest BCUT2D eigenvalue weighted by Crippen LogP contribution is 2.26. The summed E-state index contributed by atoms with van der Waals surface area (Å²) in [5.74, 6) is 0. The molecule has 1 heteroatoms. The second kappa shape index (κ2) is 6.34. The maximum absolute atomic E-state index is 6.76. The Morgan fingerprint density at radius 1 is 0.600 bits per heavy atom. The molecule has 0 heterocycles. The van der Waals surface area contributed by atoms with Gasteiger partial charge in [-0.2, -0.15) is 0 Å². The fourth-order valence-electron chi connectivity index (χ4n) is 3.83. The van der Waals surface area contributed by atoms with Crippen molar-refractivity contribution in [1.82, 2.24) is 0 Å². The van der Waals surface area contributed by atoms with E-state index < -0.39 is 0 Å². The van der Waals surface area contributed by atoms with Gasteiger partial charge < -0.3 is 5.73 Å². The summed E-state index contributed by atoms with van der Waals surface area (Å²) in [5, 5.41) is 5.17. The van der Waals surface area contributed by atoms with Gasteiger partial charge in [-0.05, 0) is 52.4 Å². The molecule has 0 radical (unpaired) electrons. The average Bonchev–Trinajstić information content (AvgIpc) is 2.62. The van der Waals surface area contributed by atoms with Crippen molar-refractivity contribution in [2.24, 2.45) is 5.73 Å². The SMILES string of the molecule is CC(N)(Cc1cccc2ccccc12)Cc1cccc2ccccc12. The van der Waals surface area contributed by atoms with Gasteiger partial charge >= 0.3 is 0 Å². The Morgan fingerprint density at radius 3 is 1.48 bits per heavy atom. The van der Waals surface area contributed by atoms with E-state index in [4.69, 9.17) is 5.73 Å². The summed E-state index contributed by atoms with van der Waals surface area (Å²) in [7, 11) is 0. The van der Waals surface area contributed by atoms with Gasteiger partial charge in [-0.3, -0.25) is 0 Å². The van der Waals surface area contributed by atoms with Crippen molar-refractivity contribution in [3.8, 4) is 0 Å². The van der Waals surface area contributed by atoms with E-state index in [1.165, 1.54) is 32.7 Å². The molecule has 0 bridgehead atoms. The Bertz CT molecular complexity index is 936. The summed E-state index contributed by atoms with van der Waals surface area (Å²) in [4.78, 5) is 0. The normalized spacial score (nSPS) is 11.9. The molecule has 0 spiro atoms. The third-order valence-electron chi connectivity index (χ3n) is 4.95. The second-order valence-electron chi connectivity index (χ2n) is 7.28. The fraction of sp³-hybridized carbons (Fsp3) is 0.167. The maximum Gasteiger partial charge on any atom is 0.0207 e. The van der Waals surface area contributed by atoms with Crippen molar-refractivity contribution in [2.45, 2.75) is 25.3 Å². The van der Waals surface area contributed by atoms with Gasteiger partial charge in [0.15, 0.2) is 0 Å². The number of fused-ring (bicyclic) bond motifs is 2. The van der Waals surface area contributed by atoms with Crippen LogP contribution in [0.2, 0.25) is 0 Å². The lowest BCUT2D eigenvalue weighted by Gasteiger charge is -2.26. The summed E-state index contributed by atoms with van der Waals surface area (Å²) >= 11 is 0. The van der Waals surface area contributed by atoms with Crippen LogP contribution in [0.3, 0.4) is 0 Å². The van der Waals surface area contributed by atoms with Crippen LogP contribution in [0.5, 0.6) is 0 Å². The lowest BCUT2D eigenvalue weighted by atomic mass is 9.84. The number of nitrogens with two attached hydrogens (primary N) is 1. The summed E-state index contributed by atoms with van der Waals surface area (Å²) in [6, 6.07) is 30.1. The second-order valence-corrected chi connectivity index (χ2v) is 7.28. The molecule has 0 aliphatic heterocycles. The predicted octanol–water partition coefficient (Wildman–Crippen LogP) is 5.50. The Balaban J connectivity index is 1.67. The predicted molar refractivity (Wildman–Crippen MR) is 108 cm³/mol. The number of hydrogen-bond acceptors (Lipinski definition) is 1. The van der Waals surface area contributed by atoms with Crippen molar-refractivity contribution < 1.29 is 0 Å². The first kappa shape index (κ1) is 15.9. The number of hydrogen-bond donors (Lipinski definition) is 1. The molecular weight excluding hydrogens is 302 g/mol. The van der Waals surface area contributed by atoms with Crippen LogP contribution >= 0.6 is 0 Å². The van der Waals surface area contributed by atoms with Gasteiger partial charge in [0, 0.05) is 5.54 Å². The van der Waals surface area contributed by atoms with Gasteiger partial charge in [0.25, 0.3) is 0 Å². The zero-order valence-corrected chi connectivity index (χ0v) is 14.6. The van der Waals surface area contributed by atoms with Gasteiger partial charge in [-0.1, -0.05) is 84.9 Å². The van der Waals surface area contributed by atoms with Crippen LogP contribution in [0, 0.1) is 0 Å². The van der Waals surface area contributed by atoms with Gasteiger partial charge in [-0.15, -0.1) is 0 Å². The summed E-state index contributed by atoms with van der Waals surface area (Å²) in [6.45, 7) is 2.16. The van der Waals surface area contributed by atoms with E-state index >= 15 is 0 Å². The van der Waals surface area contributed by atoms with Crippen LogP contribution in [0.4, 0.5) is 0 Å². The molecule has 4 aromatic rings. The summed E-state index contributed by atoms with van der Waals surface area (Å²) in [6.07, 6.45) is 1.72. The molecule has 0 aromatic heterocycles. The van der Waals surface area contributed by atoms with E-state index in [2.05, 4.69) is 91.9 Å². The molecule has 4 rings (SSSR count). The average molecular weight is 325 g/mol. The highest BCUT2D eigenvalue weighted by Gasteiger charge is 2.21. The van der Waals surface area contributed by atoms with E-state index in [9.17, 15) is 0 Å². The van der Waals surface area contributed by atoms with Gasteiger partial charge in [-0.25, -0.2) is 0 Å². The Hall–Kier alpha value is -2.64. The lowest BCUT2D eigenvalue weighted by molar-refractivity contribution is 0.465. The van der Waals surface area contributed by atoms with Crippen LogP contribution in [0.25, 0.3) is 21.5 Å². The van der Waals surface area contributed by atoms with Crippen molar-refractivity contribution in [3.05, 3.63) is 96.1 Å². The van der Waals surface area contributed by atoms with Crippen molar-refractivity contribution in [2.75, 3.05) is 0 Å². The molecule has 0 saturated carbocycles. The smallest absolute Gasteiger partial charge is 0.0207 e. The first-order valence-electron chi connectivity index (χ1n) is 8.85. The van der Waals surface area contributed by atoms with Gasteiger partial charge in [0.05, 0.1) is 0 Å². The highest BCUT2D eigenvalue weighted by atomic mass is 14.7. The molecule has 2 N–H and O–H groups in total. The molecular formula is C24H23N. The monoisotopic (exact) mass is 325 g/mol. The van der Waals surface area contributed by atoms with Crippen LogP contribution in [0.1, 0.15) is 18.1 Å². The van der Waals surface area contributed by atoms with Crippen LogP contribution in [-0.2, 0) is 12.8 Å². The first-order chi connectivity index (χ1) is 12.1. The molecule has 0 aliphatic carbocycles. The topological polar surface area (TPSA) is 26.0 Å². The molecule has 0 aliphatic rings. The highest BCUT2D eigenvalue weighted by molar-refractivity contribution is 5.86. The summed E-state index contributed by atoms with van der Waals surface area (Å²) < 4.78 is 0. The third kappa shape index (κ3) is 3.29. The van der Waals surface area contributed by atoms with E-state index in [1.807, 2.05) is 0 Å². The van der Waals surface area contributed by atoms with Crippen LogP contribution < -0.4 is 5.73 Å². The molecule has 0 unspecified atom stereocenters. The zero-order chi connectivity index (χ0) is 17.3. The van der Waals surface area contributed by atoms with Gasteiger partial charge in [0.2, 0.25) is 0 Å². The third-order valence-corrected chi connectivity index (χ3v) is 4.95. The lowest BCUT2D eigenvalue weighted by Crippen LogP contribution is -2.41. The number of rotatable bonds is 4. The molecule has 0 atom stereocenters. The minimum atomic E-state index is -0.297. The van der Waals surface area contributed by atoms with E-state index in [1.54, 1.807) is 0 Å². The number of benzene rings is 4. The summed E-state index contributed by atoms with van der Waals surface area (Å²) in [5.41, 5.74) is 9.11. The fourth-order valence-corrected chi connectivity index (χ4v) is 3.83. The molecule has 124 valence electrons. The zero-order valence-electron chi connectivity index (χ0n) is 14.6.